The fraction of sp³-hybridized carbons (Fsp3) is 0.667. The lowest BCUT2D eigenvalue weighted by Gasteiger charge is -2.24. The first-order chi connectivity index (χ1) is 5.42. The third kappa shape index (κ3) is 1.02. The minimum atomic E-state index is 0.290. The van der Waals surface area contributed by atoms with Gasteiger partial charge in [-0.1, -0.05) is 0 Å². The van der Waals surface area contributed by atoms with E-state index in [4.69, 9.17) is 0 Å². The lowest BCUT2D eigenvalue weighted by Crippen LogP contribution is -2.50. The summed E-state index contributed by atoms with van der Waals surface area (Å²) in [5.41, 5.74) is 1.18. The fourth-order valence-corrected chi connectivity index (χ4v) is 1.42. The van der Waals surface area contributed by atoms with Gasteiger partial charge in [0.1, 0.15) is 12.0 Å². The van der Waals surface area contributed by atoms with E-state index < -0.39 is 0 Å². The number of hydrogen-bond donors (Lipinski definition) is 5. The summed E-state index contributed by atoms with van der Waals surface area (Å²) in [5.74, 6) is 1.08. The second kappa shape index (κ2) is 2.60. The molecule has 2 rings (SSSR count). The predicted octanol–water partition coefficient (Wildman–Crippen LogP) is -2.00. The maximum absolute atomic E-state index is 3.26. The van der Waals surface area contributed by atoms with Crippen LogP contribution in [-0.4, -0.2) is 26.6 Å². The third-order valence-corrected chi connectivity index (χ3v) is 1.96. The normalized spacial score (nSPS) is 29.0. The molecule has 0 aromatic carbocycles. The Morgan fingerprint density at radius 3 is 2.73 bits per heavy atom. The zero-order valence-electron chi connectivity index (χ0n) is 6.49. The zero-order chi connectivity index (χ0) is 7.68. The first-order valence-electron chi connectivity index (χ1n) is 3.78. The van der Waals surface area contributed by atoms with Crippen LogP contribution in [0, 0.1) is 0 Å². The van der Waals surface area contributed by atoms with Gasteiger partial charge < -0.3 is 16.0 Å². The van der Waals surface area contributed by atoms with Crippen LogP contribution in [-0.2, 0) is 0 Å². The lowest BCUT2D eigenvalue weighted by molar-refractivity contribution is 0.468. The van der Waals surface area contributed by atoms with Gasteiger partial charge in [0.2, 0.25) is 0 Å². The third-order valence-electron chi connectivity index (χ3n) is 1.96. The predicted molar refractivity (Wildman–Crippen MR) is 42.2 cm³/mol. The Hall–Kier alpha value is -0.940. The van der Waals surface area contributed by atoms with E-state index in [2.05, 4.69) is 26.6 Å². The Labute approximate surface area is 65.6 Å². The molecule has 0 aromatic rings. The van der Waals surface area contributed by atoms with Gasteiger partial charge in [0.25, 0.3) is 0 Å². The molecule has 2 aliphatic rings. The van der Waals surface area contributed by atoms with E-state index in [1.807, 2.05) is 7.05 Å². The van der Waals surface area contributed by atoms with Gasteiger partial charge in [-0.2, -0.15) is 0 Å². The Balaban J connectivity index is 2.23. The molecule has 5 nitrogen and oxygen atoms in total. The monoisotopic (exact) mass is 155 g/mol. The maximum Gasteiger partial charge on any atom is 0.122 e. The van der Waals surface area contributed by atoms with E-state index in [9.17, 15) is 0 Å². The smallest absolute Gasteiger partial charge is 0.122 e. The van der Waals surface area contributed by atoms with Crippen molar-refractivity contribution in [1.29, 1.82) is 0 Å². The quantitative estimate of drug-likeness (QED) is 0.303. The average Bonchev–Trinajstić information content (AvgIpc) is 2.50. The second-order valence-electron chi connectivity index (χ2n) is 2.59. The summed E-state index contributed by atoms with van der Waals surface area (Å²) in [4.78, 5) is 0. The molecule has 0 saturated carbocycles. The molecule has 5 heteroatoms. The SMILES string of the molecule is CNC1=C2NCNC2NCN1. The van der Waals surface area contributed by atoms with Crippen molar-refractivity contribution in [3.05, 3.63) is 11.5 Å². The van der Waals surface area contributed by atoms with Crippen molar-refractivity contribution < 1.29 is 0 Å². The molecule has 0 aromatic heterocycles. The van der Waals surface area contributed by atoms with E-state index in [0.717, 1.165) is 19.2 Å². The summed E-state index contributed by atoms with van der Waals surface area (Å²) in [6.07, 6.45) is 0.290. The highest BCUT2D eigenvalue weighted by Gasteiger charge is 2.25. The van der Waals surface area contributed by atoms with Crippen molar-refractivity contribution in [2.45, 2.75) is 6.17 Å². The van der Waals surface area contributed by atoms with Crippen LogP contribution in [0.15, 0.2) is 11.5 Å². The summed E-state index contributed by atoms with van der Waals surface area (Å²) >= 11 is 0. The van der Waals surface area contributed by atoms with Crippen LogP contribution in [0.2, 0.25) is 0 Å². The Morgan fingerprint density at radius 1 is 1.27 bits per heavy atom. The molecule has 2 aliphatic heterocycles. The van der Waals surface area contributed by atoms with Crippen LogP contribution in [0.3, 0.4) is 0 Å². The standard InChI is InChI=1S/C6H13N5/c1-7-5-4-6(10-2-8-4)11-3-9-5/h6-11H,2-3H2,1H3. The number of rotatable bonds is 1. The van der Waals surface area contributed by atoms with Crippen molar-refractivity contribution in [3.63, 3.8) is 0 Å². The fourth-order valence-electron chi connectivity index (χ4n) is 1.42. The van der Waals surface area contributed by atoms with E-state index in [1.165, 1.54) is 5.70 Å². The summed E-state index contributed by atoms with van der Waals surface area (Å²) in [7, 11) is 1.91. The van der Waals surface area contributed by atoms with Gasteiger partial charge in [-0.05, 0) is 0 Å². The van der Waals surface area contributed by atoms with E-state index in [1.54, 1.807) is 0 Å². The number of nitrogens with one attached hydrogen (secondary N) is 5. The first kappa shape index (κ1) is 6.75. The number of fused-ring (bicyclic) bond motifs is 1. The molecule has 0 amide bonds. The molecule has 1 saturated heterocycles. The molecule has 5 N–H and O–H groups in total. The molecule has 1 unspecified atom stereocenters. The van der Waals surface area contributed by atoms with E-state index in [0.29, 0.717) is 6.17 Å². The van der Waals surface area contributed by atoms with Crippen LogP contribution in [0.4, 0.5) is 0 Å². The first-order valence-corrected chi connectivity index (χ1v) is 3.78. The summed E-state index contributed by atoms with van der Waals surface area (Å²) in [6, 6.07) is 0. The molecular formula is C6H13N5. The van der Waals surface area contributed by atoms with Crippen LogP contribution in [0.5, 0.6) is 0 Å². The van der Waals surface area contributed by atoms with Crippen LogP contribution >= 0.6 is 0 Å². The van der Waals surface area contributed by atoms with Gasteiger partial charge in [-0.15, -0.1) is 0 Å². The molecule has 0 aliphatic carbocycles. The molecule has 11 heavy (non-hydrogen) atoms. The maximum atomic E-state index is 3.26. The molecule has 0 bridgehead atoms. The highest BCUT2D eigenvalue weighted by Crippen LogP contribution is 2.06. The largest absolute Gasteiger partial charge is 0.373 e. The minimum absolute atomic E-state index is 0.290. The Bertz CT molecular complexity index is 187. The summed E-state index contributed by atoms with van der Waals surface area (Å²) in [6.45, 7) is 1.64. The van der Waals surface area contributed by atoms with Gasteiger partial charge in [0.15, 0.2) is 0 Å². The number of hydrogen-bond acceptors (Lipinski definition) is 5. The van der Waals surface area contributed by atoms with Gasteiger partial charge in [-0.25, -0.2) is 0 Å². The van der Waals surface area contributed by atoms with Gasteiger partial charge in [0, 0.05) is 7.05 Å². The highest BCUT2D eigenvalue weighted by molar-refractivity contribution is 5.20. The second-order valence-corrected chi connectivity index (χ2v) is 2.59. The van der Waals surface area contributed by atoms with Crippen molar-refractivity contribution in [3.8, 4) is 0 Å². The molecule has 62 valence electrons. The Kier molecular flexibility index (Phi) is 1.59. The topological polar surface area (TPSA) is 60.1 Å². The van der Waals surface area contributed by atoms with Crippen LogP contribution < -0.4 is 26.6 Å². The highest BCUT2D eigenvalue weighted by atomic mass is 15.3. The average molecular weight is 155 g/mol. The van der Waals surface area contributed by atoms with E-state index in [-0.39, 0.29) is 0 Å². The van der Waals surface area contributed by atoms with Crippen molar-refractivity contribution >= 4 is 0 Å². The van der Waals surface area contributed by atoms with Crippen LogP contribution in [0.25, 0.3) is 0 Å². The molecule has 2 heterocycles. The van der Waals surface area contributed by atoms with Gasteiger partial charge >= 0.3 is 0 Å². The summed E-state index contributed by atoms with van der Waals surface area (Å²) < 4.78 is 0. The minimum Gasteiger partial charge on any atom is -0.373 e. The van der Waals surface area contributed by atoms with Crippen molar-refractivity contribution in [2.24, 2.45) is 0 Å². The van der Waals surface area contributed by atoms with Gasteiger partial charge in [-0.3, -0.25) is 10.6 Å². The molecular weight excluding hydrogens is 142 g/mol. The zero-order valence-corrected chi connectivity index (χ0v) is 6.49. The molecule has 0 spiro atoms. The van der Waals surface area contributed by atoms with Crippen molar-refractivity contribution in [2.75, 3.05) is 20.4 Å². The van der Waals surface area contributed by atoms with Gasteiger partial charge in [0.05, 0.1) is 19.0 Å². The van der Waals surface area contributed by atoms with Crippen LogP contribution in [0.1, 0.15) is 0 Å². The van der Waals surface area contributed by atoms with Crippen molar-refractivity contribution in [1.82, 2.24) is 26.6 Å². The molecule has 0 radical (unpaired) electrons. The Morgan fingerprint density at radius 2 is 2.00 bits per heavy atom. The lowest BCUT2D eigenvalue weighted by atomic mass is 10.3. The summed E-state index contributed by atoms with van der Waals surface area (Å²) in [5, 5.41) is 16.1. The molecule has 1 fully saturated rings. The molecule has 1 atom stereocenters. The van der Waals surface area contributed by atoms with E-state index >= 15 is 0 Å².